The van der Waals surface area contributed by atoms with Gasteiger partial charge in [-0.2, -0.15) is 0 Å². The van der Waals surface area contributed by atoms with Gasteiger partial charge in [0.15, 0.2) is 0 Å². The van der Waals surface area contributed by atoms with E-state index in [1.807, 2.05) is 6.07 Å². The van der Waals surface area contributed by atoms with Crippen LogP contribution < -0.4 is 11.1 Å². The largest absolute Gasteiger partial charge is 0.449 e. The number of fused-ring (bicyclic) bond motifs is 1. The topological polar surface area (TPSA) is 97.8 Å². The first-order valence-electron chi connectivity index (χ1n) is 9.23. The predicted octanol–water partition coefficient (Wildman–Crippen LogP) is 2.76. The van der Waals surface area contributed by atoms with E-state index in [9.17, 15) is 14.0 Å². The molecule has 1 fully saturated rings. The molecule has 4 rings (SSSR count). The fourth-order valence-corrected chi connectivity index (χ4v) is 3.38. The van der Waals surface area contributed by atoms with Crippen LogP contribution >= 0.6 is 0 Å². The van der Waals surface area contributed by atoms with Crippen LogP contribution in [0.15, 0.2) is 46.9 Å². The first-order valence-corrected chi connectivity index (χ1v) is 9.23. The highest BCUT2D eigenvalue weighted by Gasteiger charge is 2.22. The maximum absolute atomic E-state index is 13.7. The van der Waals surface area contributed by atoms with Crippen molar-refractivity contribution in [2.75, 3.05) is 31.6 Å². The van der Waals surface area contributed by atoms with Crippen molar-refractivity contribution in [3.8, 4) is 0 Å². The Morgan fingerprint density at radius 1 is 1.14 bits per heavy atom. The number of halogens is 1. The standard InChI is InChI=1S/C21H20FN3O4/c22-15-4-5-17-16(11-15)18(19(29-17)20(23)26)24-21(27)14-3-1-2-13(10-14)12-25-6-8-28-9-7-25/h1-5,10-11H,6-9,12H2,(H2,23,26)(H,24,27). The van der Waals surface area contributed by atoms with Gasteiger partial charge in [0.1, 0.15) is 17.1 Å². The summed E-state index contributed by atoms with van der Waals surface area (Å²) in [5.41, 5.74) is 7.09. The Bertz CT molecular complexity index is 1070. The van der Waals surface area contributed by atoms with Crippen molar-refractivity contribution in [3.05, 3.63) is 65.2 Å². The maximum Gasteiger partial charge on any atom is 0.286 e. The number of nitrogens with two attached hydrogens (primary N) is 1. The number of rotatable bonds is 5. The molecule has 1 saturated heterocycles. The summed E-state index contributed by atoms with van der Waals surface area (Å²) in [7, 11) is 0. The zero-order valence-electron chi connectivity index (χ0n) is 15.6. The number of hydrogen-bond donors (Lipinski definition) is 2. The number of nitrogens with one attached hydrogen (secondary N) is 1. The second-order valence-corrected chi connectivity index (χ2v) is 6.85. The van der Waals surface area contributed by atoms with Crippen molar-refractivity contribution in [2.24, 2.45) is 5.73 Å². The minimum Gasteiger partial charge on any atom is -0.449 e. The van der Waals surface area contributed by atoms with E-state index in [1.54, 1.807) is 18.2 Å². The van der Waals surface area contributed by atoms with Crippen LogP contribution in [0.1, 0.15) is 26.5 Å². The average Bonchev–Trinajstić information content (AvgIpc) is 3.07. The molecule has 8 heteroatoms. The quantitative estimate of drug-likeness (QED) is 0.690. The summed E-state index contributed by atoms with van der Waals surface area (Å²) < 4.78 is 24.4. The van der Waals surface area contributed by atoms with Gasteiger partial charge in [-0.25, -0.2) is 4.39 Å². The molecule has 3 N–H and O–H groups in total. The van der Waals surface area contributed by atoms with E-state index in [2.05, 4.69) is 10.2 Å². The van der Waals surface area contributed by atoms with Crippen LogP contribution in [0.3, 0.4) is 0 Å². The molecule has 2 amide bonds. The van der Waals surface area contributed by atoms with E-state index in [0.29, 0.717) is 25.3 Å². The third-order valence-electron chi connectivity index (χ3n) is 4.81. The van der Waals surface area contributed by atoms with Crippen LogP contribution in [-0.4, -0.2) is 43.0 Å². The summed E-state index contributed by atoms with van der Waals surface area (Å²) in [5, 5.41) is 2.93. The molecule has 1 aliphatic heterocycles. The van der Waals surface area contributed by atoms with Crippen molar-refractivity contribution >= 4 is 28.5 Å². The van der Waals surface area contributed by atoms with E-state index in [0.717, 1.165) is 18.7 Å². The summed E-state index contributed by atoms with van der Waals surface area (Å²) in [6.07, 6.45) is 0. The molecule has 0 radical (unpaired) electrons. The lowest BCUT2D eigenvalue weighted by Crippen LogP contribution is -2.35. The van der Waals surface area contributed by atoms with E-state index in [4.69, 9.17) is 14.9 Å². The highest BCUT2D eigenvalue weighted by atomic mass is 19.1. The van der Waals surface area contributed by atoms with Crippen LogP contribution in [-0.2, 0) is 11.3 Å². The second kappa shape index (κ2) is 8.02. The Labute approximate surface area is 166 Å². The Balaban J connectivity index is 1.59. The smallest absolute Gasteiger partial charge is 0.286 e. The number of ether oxygens (including phenoxy) is 1. The third-order valence-corrected chi connectivity index (χ3v) is 4.81. The average molecular weight is 397 g/mol. The van der Waals surface area contributed by atoms with Gasteiger partial charge in [0.25, 0.3) is 11.8 Å². The van der Waals surface area contributed by atoms with E-state index >= 15 is 0 Å². The number of carbonyl (C=O) groups is 2. The summed E-state index contributed by atoms with van der Waals surface area (Å²) in [4.78, 5) is 26.8. The number of morpholine rings is 1. The fourth-order valence-electron chi connectivity index (χ4n) is 3.38. The van der Waals surface area contributed by atoms with Gasteiger partial charge in [-0.15, -0.1) is 0 Å². The van der Waals surface area contributed by atoms with Crippen LogP contribution in [0.2, 0.25) is 0 Å². The molecule has 0 saturated carbocycles. The van der Waals surface area contributed by atoms with Crippen LogP contribution in [0.4, 0.5) is 10.1 Å². The molecule has 0 bridgehead atoms. The molecule has 3 aromatic rings. The van der Waals surface area contributed by atoms with Crippen LogP contribution in [0.25, 0.3) is 11.0 Å². The number of carbonyl (C=O) groups excluding carboxylic acids is 2. The summed E-state index contributed by atoms with van der Waals surface area (Å²) >= 11 is 0. The number of primary amides is 1. The lowest BCUT2D eigenvalue weighted by Gasteiger charge is -2.26. The van der Waals surface area contributed by atoms with Crippen LogP contribution in [0.5, 0.6) is 0 Å². The molecule has 2 aromatic carbocycles. The second-order valence-electron chi connectivity index (χ2n) is 6.85. The molecule has 0 unspecified atom stereocenters. The lowest BCUT2D eigenvalue weighted by molar-refractivity contribution is 0.0342. The predicted molar refractivity (Wildman–Crippen MR) is 105 cm³/mol. The molecule has 0 aliphatic carbocycles. The fraction of sp³-hybridized carbons (Fsp3) is 0.238. The molecular weight excluding hydrogens is 377 g/mol. The molecule has 29 heavy (non-hydrogen) atoms. The zero-order valence-corrected chi connectivity index (χ0v) is 15.6. The molecule has 2 heterocycles. The number of anilines is 1. The van der Waals surface area contributed by atoms with Crippen molar-refractivity contribution in [1.29, 1.82) is 0 Å². The number of benzene rings is 2. The van der Waals surface area contributed by atoms with Gasteiger partial charge in [-0.1, -0.05) is 12.1 Å². The molecule has 1 aliphatic rings. The van der Waals surface area contributed by atoms with Crippen LogP contribution in [0, 0.1) is 5.82 Å². The lowest BCUT2D eigenvalue weighted by atomic mass is 10.1. The van der Waals surface area contributed by atoms with E-state index in [1.165, 1.54) is 18.2 Å². The number of hydrogen-bond acceptors (Lipinski definition) is 5. The first kappa shape index (κ1) is 19.1. The number of amides is 2. The van der Waals surface area contributed by atoms with Crippen molar-refractivity contribution in [3.63, 3.8) is 0 Å². The van der Waals surface area contributed by atoms with Gasteiger partial charge in [-0.3, -0.25) is 14.5 Å². The number of nitrogens with zero attached hydrogens (tertiary/aromatic N) is 1. The highest BCUT2D eigenvalue weighted by Crippen LogP contribution is 2.31. The Morgan fingerprint density at radius 3 is 2.69 bits per heavy atom. The number of furan rings is 1. The van der Waals surface area contributed by atoms with Gasteiger partial charge < -0.3 is 20.2 Å². The van der Waals surface area contributed by atoms with Crippen molar-refractivity contribution < 1.29 is 23.1 Å². The van der Waals surface area contributed by atoms with E-state index < -0.39 is 17.6 Å². The minimum atomic E-state index is -0.849. The van der Waals surface area contributed by atoms with Gasteiger partial charge >= 0.3 is 0 Å². The van der Waals surface area contributed by atoms with Crippen molar-refractivity contribution in [2.45, 2.75) is 6.54 Å². The van der Waals surface area contributed by atoms with Gasteiger partial charge in [0.2, 0.25) is 5.76 Å². The monoisotopic (exact) mass is 397 g/mol. The van der Waals surface area contributed by atoms with Gasteiger partial charge in [0.05, 0.1) is 13.2 Å². The summed E-state index contributed by atoms with van der Waals surface area (Å²) in [6, 6.07) is 11.0. The zero-order chi connectivity index (χ0) is 20.4. The molecule has 150 valence electrons. The highest BCUT2D eigenvalue weighted by molar-refractivity contribution is 6.14. The normalized spacial score (nSPS) is 14.8. The van der Waals surface area contributed by atoms with Gasteiger partial charge in [-0.05, 0) is 35.9 Å². The Hall–Kier alpha value is -3.23. The molecular formula is C21H20FN3O4. The third kappa shape index (κ3) is 4.13. The molecule has 1 aromatic heterocycles. The SMILES string of the molecule is NC(=O)c1oc2ccc(F)cc2c1NC(=O)c1cccc(CN2CCOCC2)c1. The van der Waals surface area contributed by atoms with Crippen molar-refractivity contribution in [1.82, 2.24) is 4.90 Å². The first-order chi connectivity index (χ1) is 14.0. The summed E-state index contributed by atoms with van der Waals surface area (Å²) in [5.74, 6) is -2.03. The molecule has 0 atom stereocenters. The van der Waals surface area contributed by atoms with Gasteiger partial charge in [0, 0.05) is 30.6 Å². The maximum atomic E-state index is 13.7. The minimum absolute atomic E-state index is 0.0654. The molecule has 7 nitrogen and oxygen atoms in total. The molecule has 0 spiro atoms. The summed E-state index contributed by atoms with van der Waals surface area (Å²) in [6.45, 7) is 3.77. The Kier molecular flexibility index (Phi) is 5.28. The van der Waals surface area contributed by atoms with E-state index in [-0.39, 0.29) is 22.4 Å². The Morgan fingerprint density at radius 2 is 1.93 bits per heavy atom.